The molecule has 0 aliphatic carbocycles. The molecule has 0 atom stereocenters. The van der Waals surface area contributed by atoms with E-state index in [2.05, 4.69) is 16.7 Å². The third-order valence-corrected chi connectivity index (χ3v) is 3.62. The highest BCUT2D eigenvalue weighted by atomic mass is 35.5. The lowest BCUT2D eigenvalue weighted by Crippen LogP contribution is -2.46. The number of hydrogen-bond donors (Lipinski definition) is 2. The van der Waals surface area contributed by atoms with Gasteiger partial charge in [0.05, 0.1) is 22.1 Å². The van der Waals surface area contributed by atoms with Gasteiger partial charge in [0.1, 0.15) is 0 Å². The van der Waals surface area contributed by atoms with Gasteiger partial charge in [-0.15, -0.1) is 0 Å². The van der Waals surface area contributed by atoms with Gasteiger partial charge in [0, 0.05) is 26.2 Å². The molecule has 0 aromatic heterocycles. The molecule has 1 heterocycles. The molecule has 0 saturated carbocycles. The molecule has 0 spiro atoms. The van der Waals surface area contributed by atoms with Gasteiger partial charge >= 0.3 is 0 Å². The third-order valence-electron chi connectivity index (χ3n) is 3.31. The summed E-state index contributed by atoms with van der Waals surface area (Å²) in [6.07, 6.45) is 0. The molecule has 94 valence electrons. The second kappa shape index (κ2) is 5.02. The second-order valence-electron chi connectivity index (χ2n) is 4.35. The van der Waals surface area contributed by atoms with Gasteiger partial charge in [-0.05, 0) is 18.7 Å². The molecule has 1 fully saturated rings. The number of nitrogens with zero attached hydrogens (tertiary/aromatic N) is 2. The Morgan fingerprint density at radius 3 is 2.29 bits per heavy atom. The highest BCUT2D eigenvalue weighted by Crippen LogP contribution is 2.32. The Kier molecular flexibility index (Phi) is 3.64. The molecule has 1 aromatic carbocycles. The number of piperazine rings is 1. The Balaban J connectivity index is 2.16. The van der Waals surface area contributed by atoms with Crippen LogP contribution in [0.4, 0.5) is 17.1 Å². The van der Waals surface area contributed by atoms with Crippen molar-refractivity contribution in [2.45, 2.75) is 6.92 Å². The summed E-state index contributed by atoms with van der Waals surface area (Å²) in [5.74, 6) is 0. The fourth-order valence-corrected chi connectivity index (χ4v) is 2.43. The van der Waals surface area contributed by atoms with Crippen LogP contribution in [0.15, 0.2) is 12.1 Å². The van der Waals surface area contributed by atoms with Crippen LogP contribution in [0.2, 0.25) is 5.02 Å². The summed E-state index contributed by atoms with van der Waals surface area (Å²) in [6, 6.07) is 3.61. The minimum absolute atomic E-state index is 0.547. The molecule has 0 unspecified atom stereocenters. The zero-order chi connectivity index (χ0) is 12.4. The Labute approximate surface area is 107 Å². The first kappa shape index (κ1) is 12.3. The average Bonchev–Trinajstić information content (AvgIpc) is 2.34. The van der Waals surface area contributed by atoms with E-state index in [9.17, 15) is 0 Å². The van der Waals surface area contributed by atoms with Gasteiger partial charge in [0.15, 0.2) is 0 Å². The number of nitrogens with two attached hydrogens (primary N) is 2. The molecule has 0 bridgehead atoms. The molecule has 1 saturated heterocycles. The minimum Gasteiger partial charge on any atom is -0.397 e. The average molecular weight is 255 g/mol. The summed E-state index contributed by atoms with van der Waals surface area (Å²) < 4.78 is 0. The Morgan fingerprint density at radius 1 is 1.12 bits per heavy atom. The van der Waals surface area contributed by atoms with Gasteiger partial charge in [0.25, 0.3) is 0 Å². The van der Waals surface area contributed by atoms with Crippen molar-refractivity contribution in [1.82, 2.24) is 4.90 Å². The van der Waals surface area contributed by atoms with Crippen LogP contribution >= 0.6 is 11.6 Å². The summed E-state index contributed by atoms with van der Waals surface area (Å²) in [6.45, 7) is 7.39. The number of rotatable bonds is 2. The number of benzene rings is 1. The lowest BCUT2D eigenvalue weighted by atomic mass is 10.2. The first-order valence-corrected chi connectivity index (χ1v) is 6.31. The van der Waals surface area contributed by atoms with Crippen LogP contribution in [0.1, 0.15) is 6.92 Å². The van der Waals surface area contributed by atoms with E-state index >= 15 is 0 Å². The van der Waals surface area contributed by atoms with E-state index in [1.54, 1.807) is 6.07 Å². The second-order valence-corrected chi connectivity index (χ2v) is 4.76. The molecule has 5 heteroatoms. The van der Waals surface area contributed by atoms with Gasteiger partial charge in [-0.3, -0.25) is 0 Å². The fourth-order valence-electron chi connectivity index (χ4n) is 2.14. The Hall–Kier alpha value is -1.13. The molecule has 2 rings (SSSR count). The first-order valence-electron chi connectivity index (χ1n) is 5.93. The molecule has 1 aliphatic rings. The van der Waals surface area contributed by atoms with Gasteiger partial charge in [-0.2, -0.15) is 0 Å². The van der Waals surface area contributed by atoms with E-state index in [0.717, 1.165) is 38.4 Å². The number of hydrogen-bond acceptors (Lipinski definition) is 4. The lowest BCUT2D eigenvalue weighted by molar-refractivity contribution is 0.271. The van der Waals surface area contributed by atoms with E-state index in [0.29, 0.717) is 16.4 Å². The normalized spacial score (nSPS) is 17.4. The Bertz CT molecular complexity index is 400. The van der Waals surface area contributed by atoms with E-state index in [-0.39, 0.29) is 0 Å². The predicted molar refractivity (Wildman–Crippen MR) is 74.6 cm³/mol. The number of nitrogen functional groups attached to an aromatic ring is 2. The minimum atomic E-state index is 0.547. The zero-order valence-corrected chi connectivity index (χ0v) is 10.9. The van der Waals surface area contributed by atoms with Crippen LogP contribution in [0.3, 0.4) is 0 Å². The van der Waals surface area contributed by atoms with E-state index in [1.807, 2.05) is 6.07 Å². The third kappa shape index (κ3) is 2.58. The number of likely N-dealkylation sites (N-methyl/N-ethyl adjacent to an activating group) is 1. The highest BCUT2D eigenvalue weighted by Gasteiger charge is 2.18. The van der Waals surface area contributed by atoms with Crippen LogP contribution in [0.25, 0.3) is 0 Å². The summed E-state index contributed by atoms with van der Waals surface area (Å²) in [4.78, 5) is 4.69. The predicted octanol–water partition coefficient (Wildman–Crippen LogP) is 1.65. The molecule has 1 aliphatic heterocycles. The van der Waals surface area contributed by atoms with Crippen LogP contribution in [-0.4, -0.2) is 37.6 Å². The first-order chi connectivity index (χ1) is 8.11. The molecular formula is C12H19ClN4. The SMILES string of the molecule is CCN1CCN(c2cc(N)c(N)cc2Cl)CC1. The monoisotopic (exact) mass is 254 g/mol. The number of halogens is 1. The fraction of sp³-hybridized carbons (Fsp3) is 0.500. The maximum Gasteiger partial charge on any atom is 0.0661 e. The van der Waals surface area contributed by atoms with Crippen LogP contribution in [-0.2, 0) is 0 Å². The molecule has 0 radical (unpaired) electrons. The molecular weight excluding hydrogens is 236 g/mol. The van der Waals surface area contributed by atoms with Crippen LogP contribution in [0, 0.1) is 0 Å². The van der Waals surface area contributed by atoms with Crippen molar-refractivity contribution in [3.05, 3.63) is 17.2 Å². The van der Waals surface area contributed by atoms with Crippen molar-refractivity contribution in [2.75, 3.05) is 49.1 Å². The van der Waals surface area contributed by atoms with Crippen molar-refractivity contribution in [2.24, 2.45) is 0 Å². The summed E-state index contributed by atoms with van der Waals surface area (Å²) in [5, 5.41) is 0.682. The van der Waals surface area contributed by atoms with Gasteiger partial charge in [0.2, 0.25) is 0 Å². The quantitative estimate of drug-likeness (QED) is 0.788. The number of anilines is 3. The highest BCUT2D eigenvalue weighted by molar-refractivity contribution is 6.33. The lowest BCUT2D eigenvalue weighted by Gasteiger charge is -2.36. The van der Waals surface area contributed by atoms with E-state index < -0.39 is 0 Å². The molecule has 1 aromatic rings. The van der Waals surface area contributed by atoms with E-state index in [1.165, 1.54) is 0 Å². The standard InChI is InChI=1S/C12H19ClN4/c1-2-16-3-5-17(6-4-16)12-8-11(15)10(14)7-9(12)13/h7-8H,2-6,14-15H2,1H3. The van der Waals surface area contributed by atoms with Gasteiger partial charge in [-0.1, -0.05) is 18.5 Å². The van der Waals surface area contributed by atoms with Gasteiger partial charge in [-0.25, -0.2) is 0 Å². The molecule has 0 amide bonds. The summed E-state index contributed by atoms with van der Waals surface area (Å²) in [7, 11) is 0. The van der Waals surface area contributed by atoms with Crippen molar-refractivity contribution in [1.29, 1.82) is 0 Å². The van der Waals surface area contributed by atoms with Gasteiger partial charge < -0.3 is 21.3 Å². The topological polar surface area (TPSA) is 58.5 Å². The van der Waals surface area contributed by atoms with E-state index in [4.69, 9.17) is 23.1 Å². The maximum absolute atomic E-state index is 6.21. The van der Waals surface area contributed by atoms with Crippen LogP contribution in [0.5, 0.6) is 0 Å². The van der Waals surface area contributed by atoms with Crippen molar-refractivity contribution in [3.63, 3.8) is 0 Å². The summed E-state index contributed by atoms with van der Waals surface area (Å²) >= 11 is 6.21. The van der Waals surface area contributed by atoms with Crippen molar-refractivity contribution in [3.8, 4) is 0 Å². The van der Waals surface area contributed by atoms with Crippen molar-refractivity contribution >= 4 is 28.7 Å². The summed E-state index contributed by atoms with van der Waals surface area (Å²) in [5.41, 5.74) is 13.7. The maximum atomic E-state index is 6.21. The van der Waals surface area contributed by atoms with Crippen LogP contribution < -0.4 is 16.4 Å². The van der Waals surface area contributed by atoms with Crippen molar-refractivity contribution < 1.29 is 0 Å². The molecule has 17 heavy (non-hydrogen) atoms. The zero-order valence-electron chi connectivity index (χ0n) is 10.1. The Morgan fingerprint density at radius 2 is 1.71 bits per heavy atom. The largest absolute Gasteiger partial charge is 0.397 e. The molecule has 4 N–H and O–H groups in total. The molecule has 4 nitrogen and oxygen atoms in total. The smallest absolute Gasteiger partial charge is 0.0661 e.